The van der Waals surface area contributed by atoms with Crippen molar-refractivity contribution in [3.63, 3.8) is 0 Å². The van der Waals surface area contributed by atoms with Crippen molar-refractivity contribution in [3.8, 4) is 0 Å². The number of hydrogen-bond acceptors (Lipinski definition) is 2. The molecule has 0 atom stereocenters. The zero-order valence-electron chi connectivity index (χ0n) is 5.46. The minimum atomic E-state index is -3.12. The molecule has 0 spiro atoms. The highest BCUT2D eigenvalue weighted by molar-refractivity contribution is 7.92. The molecule has 1 heterocycles. The van der Waals surface area contributed by atoms with Crippen molar-refractivity contribution in [1.82, 2.24) is 4.98 Å². The average Bonchev–Trinajstić information content (AvgIpc) is 2.12. The molecule has 4 nitrogen and oxygen atoms in total. The predicted octanol–water partition coefficient (Wildman–Crippen LogP) is 0.386. The molecular weight excluding hydrogens is 152 g/mol. The van der Waals surface area contributed by atoms with Gasteiger partial charge in [-0.3, -0.25) is 4.72 Å². The van der Waals surface area contributed by atoms with Crippen molar-refractivity contribution >= 4 is 15.7 Å². The first-order valence-corrected chi connectivity index (χ1v) is 4.58. The first-order chi connectivity index (χ1) is 4.58. The molecule has 1 rings (SSSR count). The van der Waals surface area contributed by atoms with Crippen LogP contribution in [0.15, 0.2) is 18.5 Å². The number of H-pyrrole nitrogens is 1. The molecule has 0 aliphatic heterocycles. The summed E-state index contributed by atoms with van der Waals surface area (Å²) in [7, 11) is -3.12. The quantitative estimate of drug-likeness (QED) is 0.657. The Kier molecular flexibility index (Phi) is 1.67. The Balaban J connectivity index is 2.75. The molecule has 0 fully saturated rings. The van der Waals surface area contributed by atoms with Crippen LogP contribution < -0.4 is 4.72 Å². The molecule has 0 radical (unpaired) electrons. The van der Waals surface area contributed by atoms with Crippen molar-refractivity contribution in [1.29, 1.82) is 0 Å². The Morgan fingerprint density at radius 3 is 2.70 bits per heavy atom. The van der Waals surface area contributed by atoms with E-state index in [2.05, 4.69) is 9.71 Å². The number of nitrogens with one attached hydrogen (secondary N) is 2. The van der Waals surface area contributed by atoms with Gasteiger partial charge >= 0.3 is 0 Å². The molecule has 1 aromatic rings. The molecule has 0 aliphatic carbocycles. The van der Waals surface area contributed by atoms with Gasteiger partial charge < -0.3 is 4.98 Å². The van der Waals surface area contributed by atoms with Gasteiger partial charge in [-0.05, 0) is 6.07 Å². The lowest BCUT2D eigenvalue weighted by atomic mass is 10.6. The van der Waals surface area contributed by atoms with Crippen molar-refractivity contribution in [2.75, 3.05) is 11.0 Å². The van der Waals surface area contributed by atoms with Crippen LogP contribution in [0.4, 0.5) is 5.69 Å². The monoisotopic (exact) mass is 160 g/mol. The number of anilines is 1. The van der Waals surface area contributed by atoms with Crippen LogP contribution in [-0.2, 0) is 10.0 Å². The Bertz CT molecular complexity index is 287. The fourth-order valence-electron chi connectivity index (χ4n) is 0.601. The van der Waals surface area contributed by atoms with Crippen LogP contribution >= 0.6 is 0 Å². The molecule has 0 aromatic carbocycles. The second kappa shape index (κ2) is 2.34. The van der Waals surface area contributed by atoms with Crippen LogP contribution in [0.3, 0.4) is 0 Å². The van der Waals surface area contributed by atoms with Crippen LogP contribution in [0.2, 0.25) is 0 Å². The number of hydrogen-bond donors (Lipinski definition) is 2. The lowest BCUT2D eigenvalue weighted by Crippen LogP contribution is -2.08. The minimum absolute atomic E-state index is 0.558. The van der Waals surface area contributed by atoms with E-state index < -0.39 is 10.0 Å². The number of rotatable bonds is 2. The normalized spacial score (nSPS) is 11.3. The predicted molar refractivity (Wildman–Crippen MR) is 39.3 cm³/mol. The van der Waals surface area contributed by atoms with Crippen molar-refractivity contribution in [2.45, 2.75) is 0 Å². The van der Waals surface area contributed by atoms with E-state index in [9.17, 15) is 8.42 Å². The van der Waals surface area contributed by atoms with Gasteiger partial charge in [0.1, 0.15) is 0 Å². The average molecular weight is 160 g/mol. The van der Waals surface area contributed by atoms with Crippen molar-refractivity contribution in [2.24, 2.45) is 0 Å². The van der Waals surface area contributed by atoms with Crippen LogP contribution in [0.25, 0.3) is 0 Å². The van der Waals surface area contributed by atoms with E-state index in [1.807, 2.05) is 0 Å². The Morgan fingerprint density at radius 1 is 1.60 bits per heavy atom. The molecular formula is C5H8N2O2S. The Morgan fingerprint density at radius 2 is 2.30 bits per heavy atom. The van der Waals surface area contributed by atoms with E-state index in [-0.39, 0.29) is 0 Å². The molecule has 0 saturated heterocycles. The first-order valence-electron chi connectivity index (χ1n) is 2.68. The highest BCUT2D eigenvalue weighted by Gasteiger charge is 1.99. The molecule has 56 valence electrons. The van der Waals surface area contributed by atoms with E-state index in [4.69, 9.17) is 0 Å². The van der Waals surface area contributed by atoms with Gasteiger partial charge in [0.05, 0.1) is 11.9 Å². The van der Waals surface area contributed by atoms with Gasteiger partial charge in [-0.25, -0.2) is 8.42 Å². The van der Waals surface area contributed by atoms with Gasteiger partial charge in [0.25, 0.3) is 0 Å². The fraction of sp³-hybridized carbons (Fsp3) is 0.200. The van der Waals surface area contributed by atoms with Crippen molar-refractivity contribution < 1.29 is 8.42 Å². The molecule has 0 unspecified atom stereocenters. The largest absolute Gasteiger partial charge is 0.366 e. The highest BCUT2D eigenvalue weighted by atomic mass is 32.2. The van der Waals surface area contributed by atoms with Gasteiger partial charge in [0, 0.05) is 12.4 Å². The van der Waals surface area contributed by atoms with E-state index in [0.717, 1.165) is 6.26 Å². The van der Waals surface area contributed by atoms with E-state index in [1.54, 1.807) is 18.5 Å². The van der Waals surface area contributed by atoms with E-state index in [1.165, 1.54) is 0 Å². The smallest absolute Gasteiger partial charge is 0.229 e. The van der Waals surface area contributed by atoms with E-state index >= 15 is 0 Å². The lowest BCUT2D eigenvalue weighted by molar-refractivity contribution is 0.607. The summed E-state index contributed by atoms with van der Waals surface area (Å²) < 4.78 is 23.4. The summed E-state index contributed by atoms with van der Waals surface area (Å²) in [5.74, 6) is 0. The van der Waals surface area contributed by atoms with Crippen LogP contribution in [0, 0.1) is 0 Å². The van der Waals surface area contributed by atoms with Gasteiger partial charge in [0.2, 0.25) is 10.0 Å². The zero-order chi connectivity index (χ0) is 7.61. The standard InChI is InChI=1S/C5H8N2O2S/c1-10(8,9)7-5-2-3-6-4-5/h2-4,6-7H,1H3. The maximum Gasteiger partial charge on any atom is 0.229 e. The summed E-state index contributed by atoms with van der Waals surface area (Å²) >= 11 is 0. The number of sulfonamides is 1. The molecule has 5 heteroatoms. The minimum Gasteiger partial charge on any atom is -0.366 e. The number of aromatic amines is 1. The van der Waals surface area contributed by atoms with Crippen LogP contribution in [-0.4, -0.2) is 19.7 Å². The first kappa shape index (κ1) is 7.14. The van der Waals surface area contributed by atoms with Gasteiger partial charge in [0.15, 0.2) is 0 Å². The molecule has 1 aromatic heterocycles. The summed E-state index contributed by atoms with van der Waals surface area (Å²) in [5.41, 5.74) is 0.558. The summed E-state index contributed by atoms with van der Waals surface area (Å²) in [6.45, 7) is 0. The summed E-state index contributed by atoms with van der Waals surface area (Å²) in [4.78, 5) is 2.73. The fourth-order valence-corrected chi connectivity index (χ4v) is 1.16. The summed E-state index contributed by atoms with van der Waals surface area (Å²) in [6, 6.07) is 1.64. The maximum atomic E-state index is 10.6. The second-order valence-electron chi connectivity index (χ2n) is 1.97. The molecule has 0 bridgehead atoms. The summed E-state index contributed by atoms with van der Waals surface area (Å²) in [5, 5.41) is 0. The summed E-state index contributed by atoms with van der Waals surface area (Å²) in [6.07, 6.45) is 4.33. The zero-order valence-corrected chi connectivity index (χ0v) is 6.27. The van der Waals surface area contributed by atoms with Crippen LogP contribution in [0.1, 0.15) is 0 Å². The number of aromatic nitrogens is 1. The highest BCUT2D eigenvalue weighted by Crippen LogP contribution is 2.04. The van der Waals surface area contributed by atoms with Gasteiger partial charge in [-0.15, -0.1) is 0 Å². The second-order valence-corrected chi connectivity index (χ2v) is 3.72. The third-order valence-electron chi connectivity index (χ3n) is 0.901. The molecule has 0 aliphatic rings. The molecule has 10 heavy (non-hydrogen) atoms. The third-order valence-corrected chi connectivity index (χ3v) is 1.51. The lowest BCUT2D eigenvalue weighted by Gasteiger charge is -1.96. The topological polar surface area (TPSA) is 62.0 Å². The molecule has 2 N–H and O–H groups in total. The molecule has 0 saturated carbocycles. The van der Waals surface area contributed by atoms with Crippen molar-refractivity contribution in [3.05, 3.63) is 18.5 Å². The van der Waals surface area contributed by atoms with Crippen LogP contribution in [0.5, 0.6) is 0 Å². The van der Waals surface area contributed by atoms with Gasteiger partial charge in [-0.2, -0.15) is 0 Å². The maximum absolute atomic E-state index is 10.6. The Hall–Kier alpha value is -0.970. The SMILES string of the molecule is CS(=O)(=O)Nc1cc[nH]c1. The van der Waals surface area contributed by atoms with E-state index in [0.29, 0.717) is 5.69 Å². The molecule has 0 amide bonds. The third kappa shape index (κ3) is 2.10. The van der Waals surface area contributed by atoms with Gasteiger partial charge in [-0.1, -0.05) is 0 Å². The Labute approximate surface area is 59.3 Å².